The van der Waals surface area contributed by atoms with E-state index < -0.39 is 17.5 Å². The van der Waals surface area contributed by atoms with Crippen LogP contribution in [0.5, 0.6) is 17.5 Å². The van der Waals surface area contributed by atoms with Gasteiger partial charge in [0.1, 0.15) is 34.5 Å². The summed E-state index contributed by atoms with van der Waals surface area (Å²) in [6.45, 7) is 14.9. The summed E-state index contributed by atoms with van der Waals surface area (Å²) in [5.74, 6) is 1.75. The summed E-state index contributed by atoms with van der Waals surface area (Å²) in [5.41, 5.74) is 0.0594. The van der Waals surface area contributed by atoms with Gasteiger partial charge in [-0.25, -0.2) is 29.1 Å². The molecule has 51 heavy (non-hydrogen) atoms. The number of anilines is 2. The number of carbonyl (C=O) groups excluding carboxylic acids is 1. The maximum Gasteiger partial charge on any atom is 0.414 e. The van der Waals surface area contributed by atoms with Crippen molar-refractivity contribution >= 4 is 39.5 Å². The first-order valence-electron chi connectivity index (χ1n) is 17.0. The Morgan fingerprint density at radius 2 is 1.80 bits per heavy atom. The standard InChI is InChI=1S/C36H43FN10O4/c1-19-38-15-23(16-39-19)50-32-44-29-27(24-9-20(37)10-25(28(24)43-29)46(8)33(49)51-34(2,3)4)30(45-32)47-17-26-36(7,18-47)12-21(42-26)11-35(5,6)31-40-13-22(48)14-41-31/h9-10,13-16,21,26,42,48H,11-12,17-18H2,1-8H3,(H,43,44,45). The van der Waals surface area contributed by atoms with Gasteiger partial charge >= 0.3 is 12.1 Å². The molecule has 1 amide bonds. The average Bonchev–Trinajstić information content (AvgIpc) is 3.66. The van der Waals surface area contributed by atoms with Gasteiger partial charge in [-0.1, -0.05) is 20.8 Å². The van der Waals surface area contributed by atoms with Crippen molar-refractivity contribution in [3.8, 4) is 17.5 Å². The molecule has 2 aliphatic rings. The van der Waals surface area contributed by atoms with Gasteiger partial charge in [-0.2, -0.15) is 9.97 Å². The number of nitrogens with zero attached hydrogens (tertiary/aromatic N) is 8. The second-order valence-corrected chi connectivity index (χ2v) is 15.6. The Balaban J connectivity index is 1.25. The summed E-state index contributed by atoms with van der Waals surface area (Å²) in [6.07, 6.45) is 7.07. The molecule has 14 nitrogen and oxygen atoms in total. The van der Waals surface area contributed by atoms with Crippen molar-refractivity contribution < 1.29 is 23.8 Å². The summed E-state index contributed by atoms with van der Waals surface area (Å²) >= 11 is 0. The molecule has 5 aromatic rings. The number of ether oxygens (including phenoxy) is 2. The zero-order valence-corrected chi connectivity index (χ0v) is 30.1. The van der Waals surface area contributed by atoms with Crippen molar-refractivity contribution in [2.75, 3.05) is 29.9 Å². The topological polar surface area (TPSA) is 167 Å². The Kier molecular flexibility index (Phi) is 8.23. The molecule has 0 saturated carbocycles. The normalized spacial score (nSPS) is 20.6. The Morgan fingerprint density at radius 1 is 1.10 bits per heavy atom. The fourth-order valence-electron chi connectivity index (χ4n) is 7.40. The molecule has 3 unspecified atom stereocenters. The van der Waals surface area contributed by atoms with Crippen LogP contribution in [-0.2, 0) is 10.2 Å². The highest BCUT2D eigenvalue weighted by atomic mass is 19.1. The summed E-state index contributed by atoms with van der Waals surface area (Å²) < 4.78 is 27.1. The first-order valence-corrected chi connectivity index (χ1v) is 17.0. The summed E-state index contributed by atoms with van der Waals surface area (Å²) in [6, 6.07) is 3.15. The second kappa shape index (κ2) is 12.2. The van der Waals surface area contributed by atoms with Gasteiger partial charge in [-0.15, -0.1) is 0 Å². The quantitative estimate of drug-likeness (QED) is 0.184. The third-order valence-electron chi connectivity index (χ3n) is 9.71. The van der Waals surface area contributed by atoms with E-state index in [9.17, 15) is 9.90 Å². The van der Waals surface area contributed by atoms with E-state index in [1.54, 1.807) is 47.1 Å². The molecule has 2 aliphatic heterocycles. The number of fused-ring (bicyclic) bond motifs is 4. The minimum atomic E-state index is -0.741. The molecule has 0 radical (unpaired) electrons. The molecular weight excluding hydrogens is 655 g/mol. The predicted molar refractivity (Wildman–Crippen MR) is 190 cm³/mol. The maximum atomic E-state index is 15.4. The van der Waals surface area contributed by atoms with Crippen LogP contribution in [0.25, 0.3) is 21.9 Å². The molecule has 2 fully saturated rings. The number of aromatic amines is 1. The Hall–Kier alpha value is -5.18. The molecule has 4 aromatic heterocycles. The van der Waals surface area contributed by atoms with Gasteiger partial charge in [-0.3, -0.25) is 4.90 Å². The number of aryl methyl sites for hydroxylation is 1. The van der Waals surface area contributed by atoms with E-state index >= 15 is 4.39 Å². The Morgan fingerprint density at radius 3 is 2.47 bits per heavy atom. The number of aromatic hydroxyl groups is 1. The molecule has 0 spiro atoms. The number of aromatic nitrogens is 7. The van der Waals surface area contributed by atoms with Crippen LogP contribution in [0.1, 0.15) is 66.0 Å². The molecule has 268 valence electrons. The third kappa shape index (κ3) is 6.69. The highest BCUT2D eigenvalue weighted by Gasteiger charge is 2.51. The molecule has 3 atom stereocenters. The number of benzene rings is 1. The monoisotopic (exact) mass is 698 g/mol. The molecule has 7 rings (SSSR count). The number of nitrogens with one attached hydrogen (secondary N) is 2. The number of halogens is 1. The van der Waals surface area contributed by atoms with Crippen LogP contribution in [0.3, 0.4) is 0 Å². The van der Waals surface area contributed by atoms with E-state index in [2.05, 4.69) is 55.9 Å². The van der Waals surface area contributed by atoms with Crippen LogP contribution in [0.4, 0.5) is 20.7 Å². The molecule has 1 aromatic carbocycles. The average molecular weight is 699 g/mol. The number of hydrogen-bond acceptors (Lipinski definition) is 12. The molecule has 0 aliphatic carbocycles. The van der Waals surface area contributed by atoms with Gasteiger partial charge in [0.15, 0.2) is 11.5 Å². The van der Waals surface area contributed by atoms with E-state index in [-0.39, 0.29) is 34.7 Å². The van der Waals surface area contributed by atoms with Crippen molar-refractivity contribution in [1.29, 1.82) is 0 Å². The fraction of sp³-hybridized carbons (Fsp3) is 0.472. The summed E-state index contributed by atoms with van der Waals surface area (Å²) in [7, 11) is 1.55. The smallest absolute Gasteiger partial charge is 0.414 e. The lowest BCUT2D eigenvalue weighted by Gasteiger charge is -2.29. The van der Waals surface area contributed by atoms with Crippen molar-refractivity contribution in [2.45, 2.75) is 84.4 Å². The number of amides is 1. The van der Waals surface area contributed by atoms with Gasteiger partial charge in [0, 0.05) is 48.4 Å². The molecule has 3 N–H and O–H groups in total. The van der Waals surface area contributed by atoms with Crippen LogP contribution in [-0.4, -0.2) is 83.9 Å². The van der Waals surface area contributed by atoms with Gasteiger partial charge in [0.2, 0.25) is 0 Å². The molecular formula is C36H43FN10O4. The van der Waals surface area contributed by atoms with Crippen molar-refractivity contribution in [2.24, 2.45) is 5.41 Å². The zero-order valence-electron chi connectivity index (χ0n) is 30.1. The van der Waals surface area contributed by atoms with E-state index in [4.69, 9.17) is 19.4 Å². The maximum absolute atomic E-state index is 15.4. The van der Waals surface area contributed by atoms with Crippen LogP contribution < -0.4 is 19.9 Å². The lowest BCUT2D eigenvalue weighted by Crippen LogP contribution is -2.39. The highest BCUT2D eigenvalue weighted by Crippen LogP contribution is 2.46. The van der Waals surface area contributed by atoms with Gasteiger partial charge in [0.25, 0.3) is 0 Å². The van der Waals surface area contributed by atoms with Crippen LogP contribution in [0, 0.1) is 18.2 Å². The minimum absolute atomic E-state index is 0.0412. The van der Waals surface area contributed by atoms with Crippen molar-refractivity contribution in [3.63, 3.8) is 0 Å². The number of H-pyrrole nitrogens is 1. The van der Waals surface area contributed by atoms with Crippen LogP contribution >= 0.6 is 0 Å². The van der Waals surface area contributed by atoms with E-state index in [1.165, 1.54) is 29.4 Å². The van der Waals surface area contributed by atoms with Gasteiger partial charge < -0.3 is 29.8 Å². The molecule has 15 heteroatoms. The fourth-order valence-corrected chi connectivity index (χ4v) is 7.40. The number of hydrogen-bond donors (Lipinski definition) is 3. The predicted octanol–water partition coefficient (Wildman–Crippen LogP) is 5.93. The van der Waals surface area contributed by atoms with E-state index in [0.29, 0.717) is 63.9 Å². The minimum Gasteiger partial charge on any atom is -0.505 e. The second-order valence-electron chi connectivity index (χ2n) is 15.6. The van der Waals surface area contributed by atoms with Crippen molar-refractivity contribution in [3.05, 3.63) is 54.4 Å². The van der Waals surface area contributed by atoms with Crippen LogP contribution in [0.15, 0.2) is 36.9 Å². The lowest BCUT2D eigenvalue weighted by atomic mass is 9.79. The molecule has 6 heterocycles. The molecule has 2 saturated heterocycles. The third-order valence-corrected chi connectivity index (χ3v) is 9.71. The Bertz CT molecular complexity index is 2120. The number of rotatable bonds is 7. The highest BCUT2D eigenvalue weighted by molar-refractivity contribution is 6.16. The molecule has 0 bridgehead atoms. The number of carbonyl (C=O) groups is 1. The van der Waals surface area contributed by atoms with Gasteiger partial charge in [0.05, 0.1) is 41.4 Å². The van der Waals surface area contributed by atoms with Crippen LogP contribution in [0.2, 0.25) is 0 Å². The summed E-state index contributed by atoms with van der Waals surface area (Å²) in [5, 5.41) is 14.7. The zero-order chi connectivity index (χ0) is 36.5. The lowest BCUT2D eigenvalue weighted by molar-refractivity contribution is 0.0589. The SMILES string of the molecule is Cc1ncc(Oc2nc(N3CC4NC(CC(C)(C)c5ncc(O)cn5)CC4(C)C3)c3c(n2)[nH]c2c(N(C)C(=O)OC(C)(C)C)cc(F)cc23)cn1. The first kappa shape index (κ1) is 34.3. The van der Waals surface area contributed by atoms with Gasteiger partial charge in [-0.05, 0) is 52.7 Å². The van der Waals surface area contributed by atoms with Crippen molar-refractivity contribution in [1.82, 2.24) is 40.2 Å². The van der Waals surface area contributed by atoms with E-state index in [1.807, 2.05) is 0 Å². The largest absolute Gasteiger partial charge is 0.505 e. The summed E-state index contributed by atoms with van der Waals surface area (Å²) in [4.78, 5) is 46.8. The van der Waals surface area contributed by atoms with E-state index in [0.717, 1.165) is 12.8 Å². The first-order chi connectivity index (χ1) is 24.0. The Labute approximate surface area is 294 Å².